The molecular weight excluding hydrogens is 318 g/mol. The van der Waals surface area contributed by atoms with Gasteiger partial charge in [0.2, 0.25) is 0 Å². The maximum absolute atomic E-state index is 6.66. The molecule has 128 valence electrons. The highest BCUT2D eigenvalue weighted by Gasteiger charge is 2.53. The molecule has 1 unspecified atom stereocenters. The first kappa shape index (κ1) is 15.1. The Morgan fingerprint density at radius 3 is 2.67 bits per heavy atom. The average molecular weight is 344 g/mol. The predicted molar refractivity (Wildman–Crippen MR) is 101 cm³/mol. The second-order valence-electron chi connectivity index (χ2n) is 8.31. The van der Waals surface area contributed by atoms with Gasteiger partial charge in [-0.15, -0.1) is 0 Å². The van der Waals surface area contributed by atoms with Crippen LogP contribution in [0.3, 0.4) is 0 Å². The number of fused-ring (bicyclic) bond motifs is 1. The van der Waals surface area contributed by atoms with Crippen molar-refractivity contribution in [2.75, 3.05) is 25.5 Å². The molecule has 24 heavy (non-hydrogen) atoms. The second-order valence-corrected chi connectivity index (χ2v) is 8.72. The van der Waals surface area contributed by atoms with Gasteiger partial charge in [-0.2, -0.15) is 0 Å². The van der Waals surface area contributed by atoms with Crippen LogP contribution in [0.4, 0.5) is 5.69 Å². The van der Waals surface area contributed by atoms with Gasteiger partial charge < -0.3 is 14.8 Å². The summed E-state index contributed by atoms with van der Waals surface area (Å²) in [6, 6.07) is 7.01. The minimum atomic E-state index is 0.380. The smallest absolute Gasteiger partial charge is 0.0679 e. The van der Waals surface area contributed by atoms with Crippen molar-refractivity contribution >= 4 is 28.2 Å². The molecular formula is C20H26ClN3. The summed E-state index contributed by atoms with van der Waals surface area (Å²) in [5.41, 5.74) is 4.48. The number of nitrogens with one attached hydrogen (secondary N) is 1. The summed E-state index contributed by atoms with van der Waals surface area (Å²) in [5, 5.41) is 2.16. The van der Waals surface area contributed by atoms with Crippen LogP contribution in [0.5, 0.6) is 0 Å². The average Bonchev–Trinajstić information content (AvgIpc) is 3.48. The van der Waals surface area contributed by atoms with Crippen LogP contribution >= 0.6 is 11.6 Å². The van der Waals surface area contributed by atoms with Crippen LogP contribution in [0.1, 0.15) is 50.1 Å². The summed E-state index contributed by atoms with van der Waals surface area (Å²) in [6.07, 6.45) is 7.84. The Bertz CT molecular complexity index is 786. The number of rotatable bonds is 3. The summed E-state index contributed by atoms with van der Waals surface area (Å²) >= 11 is 6.66. The third kappa shape index (κ3) is 2.21. The van der Waals surface area contributed by atoms with Crippen molar-refractivity contribution in [2.24, 2.45) is 0 Å². The summed E-state index contributed by atoms with van der Waals surface area (Å²) in [4.78, 5) is 8.89. The molecule has 1 N–H and O–H groups in total. The van der Waals surface area contributed by atoms with E-state index in [9.17, 15) is 0 Å². The number of anilines is 1. The molecule has 3 aliphatic rings. The van der Waals surface area contributed by atoms with E-state index in [0.717, 1.165) is 11.6 Å². The molecule has 0 radical (unpaired) electrons. The van der Waals surface area contributed by atoms with E-state index >= 15 is 0 Å². The van der Waals surface area contributed by atoms with Gasteiger partial charge in [0.15, 0.2) is 0 Å². The lowest BCUT2D eigenvalue weighted by molar-refractivity contribution is 0.217. The van der Waals surface area contributed by atoms with Gasteiger partial charge in [0, 0.05) is 40.6 Å². The van der Waals surface area contributed by atoms with Crippen LogP contribution in [-0.4, -0.2) is 42.1 Å². The molecule has 3 fully saturated rings. The molecule has 0 amide bonds. The van der Waals surface area contributed by atoms with Gasteiger partial charge in [-0.1, -0.05) is 17.7 Å². The Hall–Kier alpha value is -1.19. The molecule has 4 heteroatoms. The lowest BCUT2D eigenvalue weighted by Crippen LogP contribution is -2.50. The maximum Gasteiger partial charge on any atom is 0.0679 e. The normalized spacial score (nSPS) is 25.8. The molecule has 5 rings (SSSR count). The SMILES string of the molecule is CN(C)C1CCN(c2c(C3CC3)[nH]c3cccc(Cl)c23)C2(CC2)C1. The van der Waals surface area contributed by atoms with E-state index in [4.69, 9.17) is 11.6 Å². The molecule has 2 heterocycles. The highest BCUT2D eigenvalue weighted by atomic mass is 35.5. The molecule has 1 saturated heterocycles. The highest BCUT2D eigenvalue weighted by Crippen LogP contribution is 2.56. The zero-order chi connectivity index (χ0) is 16.5. The summed E-state index contributed by atoms with van der Waals surface area (Å²) in [5.74, 6) is 0.714. The van der Waals surface area contributed by atoms with Crippen molar-refractivity contribution in [2.45, 2.75) is 56.0 Å². The fourth-order valence-electron chi connectivity index (χ4n) is 4.73. The fraction of sp³-hybridized carbons (Fsp3) is 0.600. The van der Waals surface area contributed by atoms with Crippen LogP contribution in [-0.2, 0) is 0 Å². The Morgan fingerprint density at radius 1 is 1.21 bits per heavy atom. The largest absolute Gasteiger partial charge is 0.364 e. The molecule has 1 aromatic carbocycles. The van der Waals surface area contributed by atoms with E-state index < -0.39 is 0 Å². The molecule has 0 bridgehead atoms. The van der Waals surface area contributed by atoms with Crippen LogP contribution < -0.4 is 4.90 Å². The molecule has 2 aromatic rings. The Morgan fingerprint density at radius 2 is 2.00 bits per heavy atom. The molecule has 1 spiro atoms. The predicted octanol–water partition coefficient (Wildman–Crippen LogP) is 4.76. The van der Waals surface area contributed by atoms with E-state index in [1.807, 2.05) is 6.07 Å². The first-order valence-corrected chi connectivity index (χ1v) is 9.71. The lowest BCUT2D eigenvalue weighted by Gasteiger charge is -2.44. The van der Waals surface area contributed by atoms with Gasteiger partial charge >= 0.3 is 0 Å². The number of nitrogens with zero attached hydrogens (tertiary/aromatic N) is 2. The minimum absolute atomic E-state index is 0.380. The van der Waals surface area contributed by atoms with Gasteiger partial charge in [0.1, 0.15) is 0 Å². The molecule has 1 aliphatic heterocycles. The van der Waals surface area contributed by atoms with Gasteiger partial charge in [0.05, 0.1) is 10.7 Å². The number of H-pyrrole nitrogens is 1. The van der Waals surface area contributed by atoms with E-state index in [1.54, 1.807) is 0 Å². The number of hydrogen-bond acceptors (Lipinski definition) is 2. The topological polar surface area (TPSA) is 22.3 Å². The number of piperidine rings is 1. The van der Waals surface area contributed by atoms with Crippen molar-refractivity contribution in [1.82, 2.24) is 9.88 Å². The van der Waals surface area contributed by atoms with Gasteiger partial charge in [-0.05, 0) is 64.8 Å². The van der Waals surface area contributed by atoms with Crippen LogP contribution in [0.15, 0.2) is 18.2 Å². The van der Waals surface area contributed by atoms with Crippen molar-refractivity contribution in [1.29, 1.82) is 0 Å². The van der Waals surface area contributed by atoms with E-state index in [-0.39, 0.29) is 0 Å². The van der Waals surface area contributed by atoms with Crippen molar-refractivity contribution < 1.29 is 0 Å². The Balaban J connectivity index is 1.63. The van der Waals surface area contributed by atoms with Gasteiger partial charge in [-0.25, -0.2) is 0 Å². The lowest BCUT2D eigenvalue weighted by atomic mass is 9.92. The maximum atomic E-state index is 6.66. The Kier molecular flexibility index (Phi) is 3.24. The molecule has 3 nitrogen and oxygen atoms in total. The second kappa shape index (κ2) is 5.15. The summed E-state index contributed by atoms with van der Waals surface area (Å²) in [7, 11) is 4.46. The number of hydrogen-bond donors (Lipinski definition) is 1. The van der Waals surface area contributed by atoms with Crippen LogP contribution in [0.25, 0.3) is 10.9 Å². The molecule has 1 aromatic heterocycles. The van der Waals surface area contributed by atoms with Crippen LogP contribution in [0.2, 0.25) is 5.02 Å². The summed E-state index contributed by atoms with van der Waals surface area (Å²) < 4.78 is 0. The number of halogens is 1. The van der Waals surface area contributed by atoms with Crippen molar-refractivity contribution in [3.63, 3.8) is 0 Å². The first-order chi connectivity index (χ1) is 11.6. The van der Waals surface area contributed by atoms with Gasteiger partial charge in [0.25, 0.3) is 0 Å². The number of aromatic nitrogens is 1. The molecule has 2 aliphatic carbocycles. The van der Waals surface area contributed by atoms with Crippen molar-refractivity contribution in [3.8, 4) is 0 Å². The number of benzene rings is 1. The fourth-order valence-corrected chi connectivity index (χ4v) is 4.99. The Labute approximate surface area is 149 Å². The van der Waals surface area contributed by atoms with E-state index in [2.05, 4.69) is 41.0 Å². The molecule has 1 atom stereocenters. The third-order valence-corrected chi connectivity index (χ3v) is 6.78. The quantitative estimate of drug-likeness (QED) is 0.867. The first-order valence-electron chi connectivity index (χ1n) is 9.33. The number of aromatic amines is 1. The van der Waals surface area contributed by atoms with Crippen LogP contribution in [0, 0.1) is 0 Å². The minimum Gasteiger partial charge on any atom is -0.364 e. The highest BCUT2D eigenvalue weighted by molar-refractivity contribution is 6.36. The van der Waals surface area contributed by atoms with Crippen molar-refractivity contribution in [3.05, 3.63) is 28.9 Å². The van der Waals surface area contributed by atoms with E-state index in [0.29, 0.717) is 17.5 Å². The summed E-state index contributed by atoms with van der Waals surface area (Å²) in [6.45, 7) is 1.15. The molecule has 2 saturated carbocycles. The zero-order valence-corrected chi connectivity index (χ0v) is 15.4. The zero-order valence-electron chi connectivity index (χ0n) is 14.6. The standard InChI is InChI=1S/C20H26ClN3/c1-23(2)14-8-11-24(20(12-14)9-10-20)19-17-15(21)4-3-5-16(17)22-18(19)13-6-7-13/h3-5,13-14,22H,6-12H2,1-2H3. The van der Waals surface area contributed by atoms with Gasteiger partial charge in [-0.3, -0.25) is 0 Å². The monoisotopic (exact) mass is 343 g/mol. The third-order valence-electron chi connectivity index (χ3n) is 6.46. The van der Waals surface area contributed by atoms with E-state index in [1.165, 1.54) is 60.8 Å².